The van der Waals surface area contributed by atoms with Crippen molar-refractivity contribution in [3.8, 4) is 11.1 Å². The Morgan fingerprint density at radius 1 is 0.968 bits per heavy atom. The highest BCUT2D eigenvalue weighted by atomic mass is 127. The summed E-state index contributed by atoms with van der Waals surface area (Å²) in [4.78, 5) is 4.78. The van der Waals surface area contributed by atoms with Gasteiger partial charge in [-0.2, -0.15) is 0 Å². The van der Waals surface area contributed by atoms with E-state index in [1.807, 2.05) is 72.1 Å². The van der Waals surface area contributed by atoms with Gasteiger partial charge in [-0.05, 0) is 47.9 Å². The summed E-state index contributed by atoms with van der Waals surface area (Å²) >= 11 is 6.04. The number of nitrogens with zero attached hydrogens (tertiary/aromatic N) is 4. The van der Waals surface area contributed by atoms with Crippen LogP contribution in [0.1, 0.15) is 18.3 Å². The van der Waals surface area contributed by atoms with Crippen molar-refractivity contribution in [1.29, 1.82) is 0 Å². The Morgan fingerprint density at radius 2 is 1.74 bits per heavy atom. The van der Waals surface area contributed by atoms with E-state index >= 15 is 0 Å². The molecule has 160 valence electrons. The minimum absolute atomic E-state index is 0. The minimum atomic E-state index is 0. The van der Waals surface area contributed by atoms with E-state index in [1.54, 1.807) is 0 Å². The van der Waals surface area contributed by atoms with Crippen molar-refractivity contribution in [2.75, 3.05) is 6.54 Å². The number of aromatic nitrogens is 3. The number of halogens is 2. The van der Waals surface area contributed by atoms with Crippen LogP contribution >= 0.6 is 35.6 Å². The minimum Gasteiger partial charge on any atom is -0.357 e. The molecule has 0 bridgehead atoms. The molecule has 0 amide bonds. The molecule has 4 rings (SSSR count). The summed E-state index contributed by atoms with van der Waals surface area (Å²) in [6.45, 7) is 3.89. The van der Waals surface area contributed by atoms with Crippen LogP contribution in [0.3, 0.4) is 0 Å². The molecule has 0 aliphatic rings. The van der Waals surface area contributed by atoms with Gasteiger partial charge >= 0.3 is 0 Å². The third kappa shape index (κ3) is 5.74. The first-order valence-corrected chi connectivity index (χ1v) is 10.3. The normalized spacial score (nSPS) is 11.2. The summed E-state index contributed by atoms with van der Waals surface area (Å²) in [5, 5.41) is 15.8. The van der Waals surface area contributed by atoms with Gasteiger partial charge in [0.15, 0.2) is 17.4 Å². The summed E-state index contributed by atoms with van der Waals surface area (Å²) in [5.41, 5.74) is 4.24. The Labute approximate surface area is 203 Å². The van der Waals surface area contributed by atoms with E-state index in [4.69, 9.17) is 16.6 Å². The molecule has 0 saturated heterocycles. The third-order valence-corrected chi connectivity index (χ3v) is 4.97. The van der Waals surface area contributed by atoms with Crippen molar-refractivity contribution in [2.24, 2.45) is 4.99 Å². The quantitative estimate of drug-likeness (QED) is 0.205. The molecule has 2 N–H and O–H groups in total. The number of hydrogen-bond donors (Lipinski definition) is 2. The Balaban J connectivity index is 0.00000272. The molecule has 0 aliphatic heterocycles. The lowest BCUT2D eigenvalue weighted by Crippen LogP contribution is -2.37. The zero-order valence-electron chi connectivity index (χ0n) is 17.1. The predicted octanol–water partition coefficient (Wildman–Crippen LogP) is 4.92. The van der Waals surface area contributed by atoms with Crippen LogP contribution in [-0.4, -0.2) is 27.1 Å². The second-order valence-electron chi connectivity index (χ2n) is 6.76. The summed E-state index contributed by atoms with van der Waals surface area (Å²) in [6.07, 6.45) is 1.96. The van der Waals surface area contributed by atoms with Gasteiger partial charge in [0, 0.05) is 17.8 Å². The van der Waals surface area contributed by atoms with Gasteiger partial charge in [-0.15, -0.1) is 34.2 Å². The molecule has 2 aromatic carbocycles. The van der Waals surface area contributed by atoms with Crippen LogP contribution in [0.4, 0.5) is 0 Å². The molecule has 0 saturated carbocycles. The number of benzene rings is 2. The number of fused-ring (bicyclic) bond motifs is 1. The van der Waals surface area contributed by atoms with Gasteiger partial charge in [-0.3, -0.25) is 4.40 Å². The molecular weight excluding hydrogens is 523 g/mol. The summed E-state index contributed by atoms with van der Waals surface area (Å²) in [7, 11) is 0. The molecule has 0 aliphatic carbocycles. The van der Waals surface area contributed by atoms with Crippen LogP contribution in [0, 0.1) is 0 Å². The molecule has 8 heteroatoms. The number of aliphatic imine (C=N–C) groups is 1. The maximum Gasteiger partial charge on any atom is 0.191 e. The highest BCUT2D eigenvalue weighted by molar-refractivity contribution is 14.0. The molecule has 0 radical (unpaired) electrons. The largest absolute Gasteiger partial charge is 0.357 e. The van der Waals surface area contributed by atoms with Crippen molar-refractivity contribution in [1.82, 2.24) is 25.2 Å². The maximum atomic E-state index is 6.04. The highest BCUT2D eigenvalue weighted by Gasteiger charge is 2.07. The fraction of sp³-hybridized carbons (Fsp3) is 0.174. The lowest BCUT2D eigenvalue weighted by atomic mass is 10.00. The Kier molecular flexibility index (Phi) is 8.25. The number of pyridine rings is 1. The van der Waals surface area contributed by atoms with E-state index in [-0.39, 0.29) is 24.0 Å². The zero-order chi connectivity index (χ0) is 20.8. The van der Waals surface area contributed by atoms with Crippen LogP contribution < -0.4 is 10.6 Å². The van der Waals surface area contributed by atoms with Gasteiger partial charge < -0.3 is 10.6 Å². The van der Waals surface area contributed by atoms with Crippen LogP contribution in [0.15, 0.2) is 77.9 Å². The number of nitrogens with one attached hydrogen (secondary N) is 2. The van der Waals surface area contributed by atoms with Gasteiger partial charge in [-0.25, -0.2) is 4.99 Å². The SMILES string of the molecule is CCNC(=NCc1ccccc1-c1ccc(Cl)cc1)NCc1nnc2ccccn12.I. The number of guanidine groups is 1. The first-order chi connectivity index (χ1) is 14.7. The van der Waals surface area contributed by atoms with Gasteiger partial charge in [0.2, 0.25) is 0 Å². The second kappa shape index (κ2) is 11.1. The second-order valence-corrected chi connectivity index (χ2v) is 7.19. The molecule has 0 fully saturated rings. The van der Waals surface area contributed by atoms with Gasteiger partial charge in [0.1, 0.15) is 0 Å². The molecule has 0 unspecified atom stereocenters. The molecule has 2 heterocycles. The average Bonchev–Trinajstić information content (AvgIpc) is 3.20. The molecule has 0 atom stereocenters. The average molecular weight is 547 g/mol. The smallest absolute Gasteiger partial charge is 0.191 e. The molecular formula is C23H24ClIN6. The lowest BCUT2D eigenvalue weighted by Gasteiger charge is -2.12. The Hall–Kier alpha value is -2.65. The van der Waals surface area contributed by atoms with Crippen LogP contribution in [0.5, 0.6) is 0 Å². The van der Waals surface area contributed by atoms with Gasteiger partial charge in [-0.1, -0.05) is 54.1 Å². The third-order valence-electron chi connectivity index (χ3n) is 4.72. The summed E-state index contributed by atoms with van der Waals surface area (Å²) in [5.74, 6) is 1.56. The fourth-order valence-electron chi connectivity index (χ4n) is 3.25. The van der Waals surface area contributed by atoms with Gasteiger partial charge in [0.05, 0.1) is 13.1 Å². The van der Waals surface area contributed by atoms with E-state index < -0.39 is 0 Å². The lowest BCUT2D eigenvalue weighted by molar-refractivity contribution is 0.765. The molecule has 6 nitrogen and oxygen atoms in total. The Morgan fingerprint density at radius 3 is 2.55 bits per heavy atom. The maximum absolute atomic E-state index is 6.04. The van der Waals surface area contributed by atoms with Crippen molar-refractivity contribution < 1.29 is 0 Å². The van der Waals surface area contributed by atoms with Crippen molar-refractivity contribution in [3.63, 3.8) is 0 Å². The Bertz CT molecular complexity index is 1160. The van der Waals surface area contributed by atoms with Crippen LogP contribution in [0.25, 0.3) is 16.8 Å². The van der Waals surface area contributed by atoms with Crippen LogP contribution in [-0.2, 0) is 13.1 Å². The molecule has 31 heavy (non-hydrogen) atoms. The van der Waals surface area contributed by atoms with Crippen LogP contribution in [0.2, 0.25) is 5.02 Å². The number of rotatable bonds is 6. The van der Waals surface area contributed by atoms with Crippen molar-refractivity contribution in [2.45, 2.75) is 20.0 Å². The van der Waals surface area contributed by atoms with E-state index in [0.29, 0.717) is 13.1 Å². The molecule has 4 aromatic rings. The topological polar surface area (TPSA) is 66.6 Å². The van der Waals surface area contributed by atoms with E-state index in [9.17, 15) is 0 Å². The first kappa shape index (κ1) is 23.0. The number of hydrogen-bond acceptors (Lipinski definition) is 3. The molecule has 0 spiro atoms. The van der Waals surface area contributed by atoms with E-state index in [1.165, 1.54) is 0 Å². The molecule has 2 aromatic heterocycles. The van der Waals surface area contributed by atoms with E-state index in [0.717, 1.165) is 45.7 Å². The van der Waals surface area contributed by atoms with Crippen molar-refractivity contribution >= 4 is 47.2 Å². The van der Waals surface area contributed by atoms with E-state index in [2.05, 4.69) is 33.0 Å². The fourth-order valence-corrected chi connectivity index (χ4v) is 3.38. The summed E-state index contributed by atoms with van der Waals surface area (Å²) < 4.78 is 1.96. The van der Waals surface area contributed by atoms with Crippen molar-refractivity contribution in [3.05, 3.63) is 89.3 Å². The van der Waals surface area contributed by atoms with Gasteiger partial charge in [0.25, 0.3) is 0 Å². The predicted molar refractivity (Wildman–Crippen MR) is 137 cm³/mol. The summed E-state index contributed by atoms with van der Waals surface area (Å²) in [6, 6.07) is 22.0. The zero-order valence-corrected chi connectivity index (χ0v) is 20.2. The standard InChI is InChI=1S/C23H23ClN6.HI/c1-2-25-23(27-16-22-29-28-21-9-5-6-14-30(21)22)26-15-18-7-3-4-8-20(18)17-10-12-19(24)13-11-17;/h3-14H,2,15-16H2,1H3,(H2,25,26,27);1H. The monoisotopic (exact) mass is 546 g/mol. The highest BCUT2D eigenvalue weighted by Crippen LogP contribution is 2.25. The first-order valence-electron chi connectivity index (χ1n) is 9.89.